The second kappa shape index (κ2) is 8.56. The summed E-state index contributed by atoms with van der Waals surface area (Å²) in [5.74, 6) is 1.01. The van der Waals surface area contributed by atoms with E-state index in [0.29, 0.717) is 5.41 Å². The minimum atomic E-state index is -0.0374. The third-order valence-electron chi connectivity index (χ3n) is 5.83. The van der Waals surface area contributed by atoms with Crippen LogP contribution in [0.1, 0.15) is 51.0 Å². The number of nitrogens with one attached hydrogen (secondary N) is 2. The van der Waals surface area contributed by atoms with Crippen molar-refractivity contribution < 1.29 is 4.79 Å². The Hall–Kier alpha value is -2.04. The van der Waals surface area contributed by atoms with Crippen LogP contribution in [0, 0.1) is 5.41 Å². The van der Waals surface area contributed by atoms with Crippen LogP contribution in [0.2, 0.25) is 0 Å². The molecule has 2 fully saturated rings. The van der Waals surface area contributed by atoms with Crippen molar-refractivity contribution in [2.45, 2.75) is 51.9 Å². The van der Waals surface area contributed by atoms with Crippen LogP contribution >= 0.6 is 0 Å². The molecule has 1 aromatic carbocycles. The van der Waals surface area contributed by atoms with Crippen LogP contribution in [0.3, 0.4) is 0 Å². The number of benzene rings is 1. The molecule has 0 aromatic heterocycles. The first kappa shape index (κ1) is 18.7. The maximum atomic E-state index is 11.1. The minimum Gasteiger partial charge on any atom is -0.356 e. The molecule has 1 saturated heterocycles. The van der Waals surface area contributed by atoms with Crippen LogP contribution < -0.4 is 10.6 Å². The molecule has 1 amide bonds. The summed E-state index contributed by atoms with van der Waals surface area (Å²) in [6, 6.07) is 8.06. The average Bonchev–Trinajstić information content (AvgIpc) is 3.03. The molecule has 0 atom stereocenters. The Kier molecular flexibility index (Phi) is 6.17. The van der Waals surface area contributed by atoms with E-state index in [4.69, 9.17) is 0 Å². The van der Waals surface area contributed by atoms with Gasteiger partial charge in [0.25, 0.3) is 0 Å². The van der Waals surface area contributed by atoms with Gasteiger partial charge < -0.3 is 15.5 Å². The zero-order valence-corrected chi connectivity index (χ0v) is 16.2. The van der Waals surface area contributed by atoms with Gasteiger partial charge in [-0.1, -0.05) is 31.4 Å². The summed E-state index contributed by atoms with van der Waals surface area (Å²) in [6.07, 6.45) is 9.25. The molecule has 1 aromatic rings. The zero-order valence-electron chi connectivity index (χ0n) is 16.2. The van der Waals surface area contributed by atoms with Gasteiger partial charge in [0.2, 0.25) is 5.91 Å². The molecule has 1 heterocycles. The molecule has 0 unspecified atom stereocenters. The van der Waals surface area contributed by atoms with Gasteiger partial charge in [-0.25, -0.2) is 0 Å². The quantitative estimate of drug-likeness (QED) is 0.642. The lowest BCUT2D eigenvalue weighted by molar-refractivity contribution is -0.114. The van der Waals surface area contributed by atoms with Gasteiger partial charge in [0.05, 0.1) is 0 Å². The fourth-order valence-corrected chi connectivity index (χ4v) is 4.43. The van der Waals surface area contributed by atoms with E-state index < -0.39 is 0 Å². The van der Waals surface area contributed by atoms with Crippen molar-refractivity contribution in [3.63, 3.8) is 0 Å². The molecule has 5 nitrogen and oxygen atoms in total. The Morgan fingerprint density at radius 3 is 2.54 bits per heavy atom. The number of aliphatic imine (C=N–C) groups is 1. The number of hydrogen-bond donors (Lipinski definition) is 2. The number of guanidine groups is 1. The number of amides is 1. The number of likely N-dealkylation sites (tertiary alicyclic amines) is 1. The number of anilines is 1. The number of carbonyl (C=O) groups is 1. The van der Waals surface area contributed by atoms with Gasteiger partial charge in [-0.3, -0.25) is 9.79 Å². The molecule has 3 rings (SSSR count). The molecule has 26 heavy (non-hydrogen) atoms. The first-order valence-corrected chi connectivity index (χ1v) is 9.92. The Morgan fingerprint density at radius 1 is 1.15 bits per heavy atom. The van der Waals surface area contributed by atoms with Crippen LogP contribution in [0.15, 0.2) is 29.3 Å². The third-order valence-corrected chi connectivity index (χ3v) is 5.83. The van der Waals surface area contributed by atoms with Gasteiger partial charge in [-0.05, 0) is 48.8 Å². The summed E-state index contributed by atoms with van der Waals surface area (Å²) >= 11 is 0. The fourth-order valence-electron chi connectivity index (χ4n) is 4.43. The van der Waals surface area contributed by atoms with Crippen molar-refractivity contribution >= 4 is 17.6 Å². The van der Waals surface area contributed by atoms with Crippen LogP contribution in [-0.2, 0) is 11.2 Å². The molecule has 142 valence electrons. The summed E-state index contributed by atoms with van der Waals surface area (Å²) in [5, 5.41) is 6.34. The molecule has 1 aliphatic heterocycles. The normalized spacial score (nSPS) is 19.6. The smallest absolute Gasteiger partial charge is 0.221 e. The van der Waals surface area contributed by atoms with E-state index in [2.05, 4.69) is 32.7 Å². The monoisotopic (exact) mass is 356 g/mol. The largest absolute Gasteiger partial charge is 0.356 e. The minimum absolute atomic E-state index is 0.0374. The van der Waals surface area contributed by atoms with E-state index in [1.807, 2.05) is 19.2 Å². The van der Waals surface area contributed by atoms with Crippen LogP contribution in [0.5, 0.6) is 0 Å². The molecule has 0 bridgehead atoms. The highest BCUT2D eigenvalue weighted by Gasteiger charge is 2.39. The molecular weight excluding hydrogens is 324 g/mol. The lowest BCUT2D eigenvalue weighted by atomic mass is 9.73. The van der Waals surface area contributed by atoms with E-state index in [-0.39, 0.29) is 5.91 Å². The molecule has 1 aliphatic carbocycles. The van der Waals surface area contributed by atoms with Gasteiger partial charge in [0.15, 0.2) is 5.96 Å². The highest BCUT2D eigenvalue weighted by molar-refractivity contribution is 5.88. The summed E-state index contributed by atoms with van der Waals surface area (Å²) in [5.41, 5.74) is 2.65. The van der Waals surface area contributed by atoms with Crippen molar-refractivity contribution in [1.29, 1.82) is 0 Å². The Labute approximate surface area is 157 Å². The Morgan fingerprint density at radius 2 is 1.88 bits per heavy atom. The van der Waals surface area contributed by atoms with E-state index in [1.54, 1.807) is 0 Å². The predicted octanol–water partition coefficient (Wildman–Crippen LogP) is 3.42. The molecule has 1 saturated carbocycles. The summed E-state index contributed by atoms with van der Waals surface area (Å²) in [4.78, 5) is 18.0. The van der Waals surface area contributed by atoms with Crippen molar-refractivity contribution in [1.82, 2.24) is 10.2 Å². The SMILES string of the molecule is CN=C(NCCc1ccc(NC(C)=O)cc1)N1CCC2(CCCCC2)C1. The van der Waals surface area contributed by atoms with Gasteiger partial charge in [0.1, 0.15) is 0 Å². The number of rotatable bonds is 4. The summed E-state index contributed by atoms with van der Waals surface area (Å²) < 4.78 is 0. The third kappa shape index (κ3) is 4.77. The highest BCUT2D eigenvalue weighted by atomic mass is 16.1. The van der Waals surface area contributed by atoms with Crippen molar-refractivity contribution in [2.24, 2.45) is 10.4 Å². The molecule has 5 heteroatoms. The summed E-state index contributed by atoms with van der Waals surface area (Å²) in [6.45, 7) is 4.69. The maximum Gasteiger partial charge on any atom is 0.221 e. The molecule has 1 spiro atoms. The van der Waals surface area contributed by atoms with E-state index in [9.17, 15) is 4.79 Å². The van der Waals surface area contributed by atoms with E-state index in [0.717, 1.165) is 37.7 Å². The van der Waals surface area contributed by atoms with E-state index >= 15 is 0 Å². The van der Waals surface area contributed by atoms with Crippen LogP contribution in [0.4, 0.5) is 5.69 Å². The van der Waals surface area contributed by atoms with Gasteiger partial charge >= 0.3 is 0 Å². The molecule has 2 aliphatic rings. The average molecular weight is 357 g/mol. The predicted molar refractivity (Wildman–Crippen MR) is 108 cm³/mol. The van der Waals surface area contributed by atoms with Crippen molar-refractivity contribution in [3.8, 4) is 0 Å². The highest BCUT2D eigenvalue weighted by Crippen LogP contribution is 2.43. The first-order chi connectivity index (χ1) is 12.6. The maximum absolute atomic E-state index is 11.1. The van der Waals surface area contributed by atoms with Gasteiger partial charge in [-0.2, -0.15) is 0 Å². The Bertz CT molecular complexity index is 632. The topological polar surface area (TPSA) is 56.7 Å². The molecular formula is C21H32N4O. The second-order valence-electron chi connectivity index (χ2n) is 7.83. The standard InChI is InChI=1S/C21H32N4O/c1-17(26)24-19-8-6-18(7-9-19)10-14-23-20(22-2)25-15-13-21(16-25)11-4-3-5-12-21/h6-9H,3-5,10-16H2,1-2H3,(H,22,23)(H,24,26). The number of hydrogen-bond acceptors (Lipinski definition) is 2. The van der Waals surface area contributed by atoms with Crippen LogP contribution in [0.25, 0.3) is 0 Å². The van der Waals surface area contributed by atoms with Gasteiger partial charge in [-0.15, -0.1) is 0 Å². The fraction of sp³-hybridized carbons (Fsp3) is 0.619. The molecule has 2 N–H and O–H groups in total. The summed E-state index contributed by atoms with van der Waals surface area (Å²) in [7, 11) is 1.89. The number of carbonyl (C=O) groups excluding carboxylic acids is 1. The van der Waals surface area contributed by atoms with Crippen molar-refractivity contribution in [3.05, 3.63) is 29.8 Å². The van der Waals surface area contributed by atoms with E-state index in [1.165, 1.54) is 51.0 Å². The van der Waals surface area contributed by atoms with Gasteiger partial charge in [0, 0.05) is 39.3 Å². The lowest BCUT2D eigenvalue weighted by Gasteiger charge is -2.33. The Balaban J connectivity index is 1.46. The number of nitrogens with zero attached hydrogens (tertiary/aromatic N) is 2. The lowest BCUT2D eigenvalue weighted by Crippen LogP contribution is -2.42. The molecule has 0 radical (unpaired) electrons. The van der Waals surface area contributed by atoms with Crippen LogP contribution in [-0.4, -0.2) is 43.4 Å². The van der Waals surface area contributed by atoms with Crippen molar-refractivity contribution in [2.75, 3.05) is 32.0 Å². The zero-order chi connectivity index (χ0) is 18.4. The second-order valence-corrected chi connectivity index (χ2v) is 7.83. The first-order valence-electron chi connectivity index (χ1n) is 9.92.